The predicted octanol–water partition coefficient (Wildman–Crippen LogP) is 6.76. The van der Waals surface area contributed by atoms with Gasteiger partial charge in [0.05, 0.1) is 0 Å². The van der Waals surface area contributed by atoms with Crippen molar-refractivity contribution >= 4 is 0 Å². The second kappa shape index (κ2) is 8.37. The Labute approximate surface area is 145 Å². The molecule has 0 bridgehead atoms. The van der Waals surface area contributed by atoms with Crippen molar-refractivity contribution < 1.29 is 26.7 Å². The molecule has 2 rings (SSSR count). The van der Waals surface area contributed by atoms with Crippen LogP contribution < -0.4 is 4.74 Å². The molecule has 0 N–H and O–H groups in total. The van der Waals surface area contributed by atoms with Crippen LogP contribution in [0.1, 0.15) is 57.4 Å². The van der Waals surface area contributed by atoms with Gasteiger partial charge in [-0.15, -0.1) is 0 Å². The molecule has 1 aliphatic rings. The average Bonchev–Trinajstić information content (AvgIpc) is 2.54. The molecule has 1 aliphatic carbocycles. The van der Waals surface area contributed by atoms with Crippen molar-refractivity contribution in [1.82, 2.24) is 0 Å². The van der Waals surface area contributed by atoms with Crippen LogP contribution in [0, 0.1) is 11.8 Å². The SMILES string of the molecule is CCCC1CCC(CCc2ccc(OC(F)(F)C(F)(F)F)cc2)CC1. The zero-order valence-corrected chi connectivity index (χ0v) is 14.4. The van der Waals surface area contributed by atoms with Gasteiger partial charge in [0.2, 0.25) is 0 Å². The maximum Gasteiger partial charge on any atom is 0.499 e. The van der Waals surface area contributed by atoms with Crippen LogP contribution in [0.15, 0.2) is 24.3 Å². The van der Waals surface area contributed by atoms with E-state index in [1.54, 1.807) is 12.1 Å². The summed E-state index contributed by atoms with van der Waals surface area (Å²) < 4.78 is 65.9. The molecule has 1 fully saturated rings. The van der Waals surface area contributed by atoms with Crippen molar-refractivity contribution in [2.45, 2.75) is 70.6 Å². The van der Waals surface area contributed by atoms with Gasteiger partial charge in [-0.3, -0.25) is 0 Å². The van der Waals surface area contributed by atoms with E-state index < -0.39 is 18.0 Å². The monoisotopic (exact) mass is 364 g/mol. The first-order valence-corrected chi connectivity index (χ1v) is 8.93. The van der Waals surface area contributed by atoms with Crippen molar-refractivity contribution in [3.8, 4) is 5.75 Å². The molecule has 142 valence electrons. The largest absolute Gasteiger partial charge is 0.499 e. The molecule has 0 saturated heterocycles. The van der Waals surface area contributed by atoms with Gasteiger partial charge in [0.15, 0.2) is 0 Å². The Hall–Kier alpha value is -1.33. The Morgan fingerprint density at radius 3 is 1.88 bits per heavy atom. The Bertz CT molecular complexity index is 516. The molecule has 0 spiro atoms. The summed E-state index contributed by atoms with van der Waals surface area (Å²) in [5, 5.41) is 0. The van der Waals surface area contributed by atoms with Crippen molar-refractivity contribution in [2.75, 3.05) is 0 Å². The number of hydrogen-bond donors (Lipinski definition) is 0. The molecular formula is C19H25F5O. The van der Waals surface area contributed by atoms with Crippen molar-refractivity contribution in [1.29, 1.82) is 0 Å². The minimum atomic E-state index is -5.72. The highest BCUT2D eigenvalue weighted by Crippen LogP contribution is 2.37. The van der Waals surface area contributed by atoms with Crippen LogP contribution in [0.25, 0.3) is 0 Å². The Morgan fingerprint density at radius 2 is 1.40 bits per heavy atom. The summed E-state index contributed by atoms with van der Waals surface area (Å²) in [6, 6.07) is 5.47. The van der Waals surface area contributed by atoms with Gasteiger partial charge in [0.1, 0.15) is 5.75 Å². The highest BCUT2D eigenvalue weighted by atomic mass is 19.4. The highest BCUT2D eigenvalue weighted by molar-refractivity contribution is 5.27. The number of ether oxygens (including phenoxy) is 1. The number of halogens is 5. The molecule has 6 heteroatoms. The minimum absolute atomic E-state index is 0.480. The van der Waals surface area contributed by atoms with Crippen LogP contribution in [0.3, 0.4) is 0 Å². The fraction of sp³-hybridized carbons (Fsp3) is 0.684. The number of aryl methyl sites for hydroxylation is 1. The van der Waals surface area contributed by atoms with Gasteiger partial charge in [0.25, 0.3) is 0 Å². The lowest BCUT2D eigenvalue weighted by molar-refractivity contribution is -0.360. The topological polar surface area (TPSA) is 9.23 Å². The predicted molar refractivity (Wildman–Crippen MR) is 86.7 cm³/mol. The van der Waals surface area contributed by atoms with Crippen LogP contribution in [0.4, 0.5) is 22.0 Å². The molecule has 0 aliphatic heterocycles. The summed E-state index contributed by atoms with van der Waals surface area (Å²) in [6.45, 7) is 2.21. The van der Waals surface area contributed by atoms with Gasteiger partial charge in [-0.25, -0.2) is 0 Å². The minimum Gasteiger partial charge on any atom is -0.426 e. The normalized spacial score (nSPS) is 22.0. The number of hydrogen-bond acceptors (Lipinski definition) is 1. The molecular weight excluding hydrogens is 339 g/mol. The Balaban J connectivity index is 1.79. The summed E-state index contributed by atoms with van der Waals surface area (Å²) in [6.07, 6.45) is -1.53. The first kappa shape index (κ1) is 20.0. The number of alkyl halides is 5. The molecule has 1 aromatic carbocycles. The maximum atomic E-state index is 12.8. The summed E-state index contributed by atoms with van der Waals surface area (Å²) in [4.78, 5) is 0. The Kier molecular flexibility index (Phi) is 6.69. The van der Waals surface area contributed by atoms with Crippen molar-refractivity contribution in [3.05, 3.63) is 29.8 Å². The maximum absolute atomic E-state index is 12.8. The zero-order valence-electron chi connectivity index (χ0n) is 14.4. The van der Waals surface area contributed by atoms with Gasteiger partial charge >= 0.3 is 12.3 Å². The number of benzene rings is 1. The third-order valence-electron chi connectivity index (χ3n) is 5.00. The van der Waals surface area contributed by atoms with Crippen LogP contribution in [-0.4, -0.2) is 12.3 Å². The van der Waals surface area contributed by atoms with E-state index in [2.05, 4.69) is 11.7 Å². The van der Waals surface area contributed by atoms with E-state index in [9.17, 15) is 22.0 Å². The fourth-order valence-electron chi connectivity index (χ4n) is 3.52. The van der Waals surface area contributed by atoms with Crippen molar-refractivity contribution in [3.63, 3.8) is 0 Å². The van der Waals surface area contributed by atoms with Crippen molar-refractivity contribution in [2.24, 2.45) is 11.8 Å². The van der Waals surface area contributed by atoms with Crippen LogP contribution in [-0.2, 0) is 6.42 Å². The quantitative estimate of drug-likeness (QED) is 0.486. The van der Waals surface area contributed by atoms with Gasteiger partial charge in [-0.2, -0.15) is 22.0 Å². The van der Waals surface area contributed by atoms with E-state index in [-0.39, 0.29) is 0 Å². The number of rotatable bonds is 7. The lowest BCUT2D eigenvalue weighted by Gasteiger charge is -2.28. The zero-order chi connectivity index (χ0) is 18.5. The second-order valence-corrected chi connectivity index (χ2v) is 6.97. The van der Waals surface area contributed by atoms with Gasteiger partial charge in [-0.1, -0.05) is 57.6 Å². The first-order valence-electron chi connectivity index (χ1n) is 8.93. The van der Waals surface area contributed by atoms with E-state index in [1.807, 2.05) is 0 Å². The van der Waals surface area contributed by atoms with Gasteiger partial charge < -0.3 is 4.74 Å². The molecule has 1 nitrogen and oxygen atoms in total. The molecule has 0 heterocycles. The fourth-order valence-corrected chi connectivity index (χ4v) is 3.52. The standard InChI is InChI=1S/C19H25F5O/c1-2-3-14-4-6-15(7-5-14)8-9-16-10-12-17(13-11-16)25-19(23,24)18(20,21)22/h10-15H,2-9H2,1H3. The van der Waals surface area contributed by atoms with Crippen LogP contribution in [0.2, 0.25) is 0 Å². The molecule has 0 unspecified atom stereocenters. The third-order valence-corrected chi connectivity index (χ3v) is 5.00. The second-order valence-electron chi connectivity index (χ2n) is 6.97. The molecule has 25 heavy (non-hydrogen) atoms. The third kappa shape index (κ3) is 5.86. The molecule has 1 saturated carbocycles. The summed E-state index contributed by atoms with van der Waals surface area (Å²) in [5.74, 6) is 1.05. The summed E-state index contributed by atoms with van der Waals surface area (Å²) >= 11 is 0. The first-order chi connectivity index (χ1) is 11.7. The van der Waals surface area contributed by atoms with E-state index in [1.165, 1.54) is 50.7 Å². The molecule has 0 radical (unpaired) electrons. The van der Waals surface area contributed by atoms with E-state index >= 15 is 0 Å². The van der Waals surface area contributed by atoms with Crippen LogP contribution >= 0.6 is 0 Å². The van der Waals surface area contributed by atoms with E-state index in [0.717, 1.165) is 24.3 Å². The van der Waals surface area contributed by atoms with Crippen LogP contribution in [0.5, 0.6) is 5.75 Å². The molecule has 1 aromatic rings. The molecule has 0 atom stereocenters. The summed E-state index contributed by atoms with van der Waals surface area (Å²) in [5.41, 5.74) is 0.929. The van der Waals surface area contributed by atoms with E-state index in [4.69, 9.17) is 0 Å². The molecule has 0 aromatic heterocycles. The van der Waals surface area contributed by atoms with Gasteiger partial charge in [0, 0.05) is 0 Å². The lowest BCUT2D eigenvalue weighted by Crippen LogP contribution is -2.41. The molecule has 0 amide bonds. The van der Waals surface area contributed by atoms with E-state index in [0.29, 0.717) is 5.92 Å². The lowest BCUT2D eigenvalue weighted by atomic mass is 9.78. The highest BCUT2D eigenvalue weighted by Gasteiger charge is 2.61. The van der Waals surface area contributed by atoms with Gasteiger partial charge in [-0.05, 0) is 42.4 Å². The average molecular weight is 364 g/mol. The summed E-state index contributed by atoms with van der Waals surface area (Å²) in [7, 11) is 0. The smallest absolute Gasteiger partial charge is 0.426 e. The Morgan fingerprint density at radius 1 is 0.880 bits per heavy atom.